The Balaban J connectivity index is 1.85. The molecule has 0 amide bonds. The maximum Gasteiger partial charge on any atom is 0.167 e. The van der Waals surface area contributed by atoms with Gasteiger partial charge in [0, 0.05) is 22.6 Å². The Morgan fingerprint density at radius 2 is 1.56 bits per heavy atom. The quantitative estimate of drug-likeness (QED) is 0.431. The summed E-state index contributed by atoms with van der Waals surface area (Å²) in [4.78, 5) is 0. The highest BCUT2D eigenvalue weighted by Crippen LogP contribution is 2.39. The van der Waals surface area contributed by atoms with Crippen molar-refractivity contribution in [2.24, 2.45) is 0 Å². The van der Waals surface area contributed by atoms with E-state index in [0.717, 1.165) is 39.1 Å². The van der Waals surface area contributed by atoms with Gasteiger partial charge in [-0.25, -0.2) is 0 Å². The summed E-state index contributed by atoms with van der Waals surface area (Å²) in [6.45, 7) is 0. The van der Waals surface area contributed by atoms with Crippen LogP contribution in [-0.4, -0.2) is 19.4 Å². The Bertz CT molecular complexity index is 1100. The molecule has 1 heterocycles. The molecule has 4 aromatic rings. The Labute approximate surface area is 157 Å². The van der Waals surface area contributed by atoms with Gasteiger partial charge in [0.25, 0.3) is 0 Å². The van der Waals surface area contributed by atoms with Crippen molar-refractivity contribution in [3.05, 3.63) is 77.9 Å². The molecule has 0 atom stereocenters. The second kappa shape index (κ2) is 7.38. The van der Waals surface area contributed by atoms with Crippen molar-refractivity contribution < 1.29 is 14.0 Å². The third-order valence-corrected chi connectivity index (χ3v) is 4.44. The molecule has 27 heavy (non-hydrogen) atoms. The van der Waals surface area contributed by atoms with E-state index in [-0.39, 0.29) is 0 Å². The van der Waals surface area contributed by atoms with Crippen LogP contribution in [0.15, 0.2) is 71.3 Å². The Morgan fingerprint density at radius 3 is 2.33 bits per heavy atom. The summed E-state index contributed by atoms with van der Waals surface area (Å²) in [6, 6.07) is 21.8. The number of methoxy groups -OCH3 is 2. The molecule has 0 bridgehead atoms. The van der Waals surface area contributed by atoms with E-state index in [9.17, 15) is 0 Å². The van der Waals surface area contributed by atoms with Crippen LogP contribution >= 0.6 is 0 Å². The Morgan fingerprint density at radius 1 is 0.815 bits per heavy atom. The van der Waals surface area contributed by atoms with Gasteiger partial charge in [0.05, 0.1) is 14.2 Å². The van der Waals surface area contributed by atoms with Gasteiger partial charge in [0.15, 0.2) is 5.58 Å². The topological polar surface area (TPSA) is 44.5 Å². The molecule has 4 nitrogen and oxygen atoms in total. The summed E-state index contributed by atoms with van der Waals surface area (Å²) in [5.41, 5.74) is 4.40. The first-order valence-electron chi connectivity index (χ1n) is 8.64. The van der Waals surface area contributed by atoms with E-state index in [0.29, 0.717) is 5.75 Å². The van der Waals surface area contributed by atoms with Crippen LogP contribution in [-0.2, 0) is 0 Å². The summed E-state index contributed by atoms with van der Waals surface area (Å²) in [7, 11) is 3.29. The van der Waals surface area contributed by atoms with Gasteiger partial charge in [-0.2, -0.15) is 0 Å². The first kappa shape index (κ1) is 16.9. The molecule has 0 saturated carbocycles. The number of hydrogen-bond acceptors (Lipinski definition) is 4. The maximum atomic E-state index is 5.59. The zero-order valence-corrected chi connectivity index (χ0v) is 15.2. The molecule has 3 aromatic carbocycles. The average Bonchev–Trinajstić information content (AvgIpc) is 3.16. The molecule has 0 spiro atoms. The highest BCUT2D eigenvalue weighted by atomic mass is 16.5. The normalized spacial score (nSPS) is 11.2. The third kappa shape index (κ3) is 3.29. The number of fused-ring (bicyclic) bond motifs is 1. The number of para-hydroxylation sites is 1. The average molecular weight is 357 g/mol. The van der Waals surface area contributed by atoms with E-state index < -0.39 is 0 Å². The third-order valence-electron chi connectivity index (χ3n) is 4.44. The van der Waals surface area contributed by atoms with E-state index >= 15 is 0 Å². The fourth-order valence-corrected chi connectivity index (χ4v) is 3.07. The molecular formula is C23H19NO3. The largest absolute Gasteiger partial charge is 0.496 e. The van der Waals surface area contributed by atoms with Crippen LogP contribution < -0.4 is 9.47 Å². The van der Waals surface area contributed by atoms with Gasteiger partial charge < -0.3 is 14.0 Å². The van der Waals surface area contributed by atoms with Crippen LogP contribution in [0, 0.1) is 0 Å². The number of benzene rings is 3. The maximum absolute atomic E-state index is 5.59. The molecule has 134 valence electrons. The molecule has 0 N–H and O–H groups in total. The molecule has 4 heteroatoms. The van der Waals surface area contributed by atoms with Crippen molar-refractivity contribution in [2.75, 3.05) is 14.2 Å². The van der Waals surface area contributed by atoms with Gasteiger partial charge >= 0.3 is 0 Å². The molecule has 0 radical (unpaired) electrons. The van der Waals surface area contributed by atoms with E-state index in [1.807, 2.05) is 60.7 Å². The molecule has 0 aliphatic heterocycles. The van der Waals surface area contributed by atoms with Gasteiger partial charge in [-0.05, 0) is 23.8 Å². The fraction of sp³-hybridized carbons (Fsp3) is 0.0870. The van der Waals surface area contributed by atoms with Crippen LogP contribution in [0.5, 0.6) is 11.5 Å². The summed E-state index contributed by atoms with van der Waals surface area (Å²) in [6.07, 6.45) is 4.08. The number of aromatic nitrogens is 1. The highest BCUT2D eigenvalue weighted by molar-refractivity contribution is 5.94. The number of ether oxygens (including phenoxy) is 2. The van der Waals surface area contributed by atoms with Crippen molar-refractivity contribution in [3.8, 4) is 22.8 Å². The van der Waals surface area contributed by atoms with Crippen molar-refractivity contribution >= 4 is 23.1 Å². The summed E-state index contributed by atoms with van der Waals surface area (Å²) in [5, 5.41) is 5.21. The van der Waals surface area contributed by atoms with Crippen LogP contribution in [0.25, 0.3) is 34.4 Å². The van der Waals surface area contributed by atoms with E-state index in [1.165, 1.54) is 0 Å². The summed E-state index contributed by atoms with van der Waals surface area (Å²) >= 11 is 0. The zero-order chi connectivity index (χ0) is 18.6. The van der Waals surface area contributed by atoms with E-state index in [4.69, 9.17) is 14.0 Å². The smallest absolute Gasteiger partial charge is 0.167 e. The molecular weight excluding hydrogens is 338 g/mol. The molecule has 0 aliphatic carbocycles. The minimum absolute atomic E-state index is 0.683. The van der Waals surface area contributed by atoms with Crippen molar-refractivity contribution in [3.63, 3.8) is 0 Å². The number of hydrogen-bond donors (Lipinski definition) is 0. The number of rotatable bonds is 5. The first-order chi connectivity index (χ1) is 13.3. The predicted octanol–water partition coefficient (Wildman–Crippen LogP) is 5.68. The van der Waals surface area contributed by atoms with Gasteiger partial charge in [-0.15, -0.1) is 0 Å². The monoisotopic (exact) mass is 357 g/mol. The molecule has 1 aromatic heterocycles. The van der Waals surface area contributed by atoms with Crippen LogP contribution in [0.1, 0.15) is 11.1 Å². The molecule has 4 rings (SSSR count). The lowest BCUT2D eigenvalue weighted by Crippen LogP contribution is -1.94. The minimum Gasteiger partial charge on any atom is -0.496 e. The minimum atomic E-state index is 0.683. The summed E-state index contributed by atoms with van der Waals surface area (Å²) in [5.74, 6) is 1.42. The van der Waals surface area contributed by atoms with Gasteiger partial charge in [-0.1, -0.05) is 59.8 Å². The fourth-order valence-electron chi connectivity index (χ4n) is 3.07. The lowest BCUT2D eigenvalue weighted by molar-refractivity contribution is 0.394. The highest BCUT2D eigenvalue weighted by Gasteiger charge is 2.17. The molecule has 0 unspecified atom stereocenters. The summed E-state index contributed by atoms with van der Waals surface area (Å²) < 4.78 is 16.6. The van der Waals surface area contributed by atoms with Crippen molar-refractivity contribution in [2.45, 2.75) is 0 Å². The zero-order valence-electron chi connectivity index (χ0n) is 15.2. The first-order valence-corrected chi connectivity index (χ1v) is 8.64. The van der Waals surface area contributed by atoms with Crippen molar-refractivity contribution in [1.29, 1.82) is 0 Å². The van der Waals surface area contributed by atoms with Gasteiger partial charge in [0.2, 0.25) is 0 Å². The second-order valence-corrected chi connectivity index (χ2v) is 6.07. The second-order valence-electron chi connectivity index (χ2n) is 6.07. The molecule has 0 fully saturated rings. The van der Waals surface area contributed by atoms with Crippen molar-refractivity contribution in [1.82, 2.24) is 5.16 Å². The predicted molar refractivity (Wildman–Crippen MR) is 108 cm³/mol. The Kier molecular flexibility index (Phi) is 4.62. The van der Waals surface area contributed by atoms with Crippen LogP contribution in [0.3, 0.4) is 0 Å². The number of nitrogens with zero attached hydrogens (tertiary/aromatic N) is 1. The molecule has 0 aliphatic rings. The lowest BCUT2D eigenvalue weighted by atomic mass is 10.0. The standard InChI is InChI=1S/C23H19NO3/c1-25-21-15-22(26-2)19(23-18-10-6-7-11-20(18)27-24-23)14-17(21)13-12-16-8-4-3-5-9-16/h3-15H,1-2H3. The van der Waals surface area contributed by atoms with Gasteiger partial charge in [-0.3, -0.25) is 0 Å². The van der Waals surface area contributed by atoms with E-state index in [2.05, 4.69) is 23.4 Å². The van der Waals surface area contributed by atoms with E-state index in [1.54, 1.807) is 14.2 Å². The Hall–Kier alpha value is -3.53. The SMILES string of the molecule is COc1cc(OC)c(-c2noc3ccccc23)cc1C=Cc1ccccc1. The lowest BCUT2D eigenvalue weighted by Gasteiger charge is -2.12. The molecule has 0 saturated heterocycles. The van der Waals surface area contributed by atoms with Crippen LogP contribution in [0.2, 0.25) is 0 Å². The van der Waals surface area contributed by atoms with Crippen LogP contribution in [0.4, 0.5) is 0 Å². The van der Waals surface area contributed by atoms with Gasteiger partial charge in [0.1, 0.15) is 17.2 Å².